The largest absolute Gasteiger partial charge is 0.455 e. The summed E-state index contributed by atoms with van der Waals surface area (Å²) in [7, 11) is 2.79. The van der Waals surface area contributed by atoms with Gasteiger partial charge in [-0.2, -0.15) is 0 Å². The van der Waals surface area contributed by atoms with E-state index in [0.717, 1.165) is 45.0 Å². The lowest BCUT2D eigenvalue weighted by Gasteiger charge is -2.63. The van der Waals surface area contributed by atoms with E-state index in [-0.39, 0.29) is 4.08 Å². The van der Waals surface area contributed by atoms with Crippen LogP contribution in [0.3, 0.4) is 0 Å². The third-order valence-corrected chi connectivity index (χ3v) is 22.8. The lowest BCUT2D eigenvalue weighted by Crippen LogP contribution is -2.41. The molecular formula is C47H44B3N3OS3. The molecule has 0 aliphatic carbocycles. The number of fused-ring (bicyclic) bond motifs is 7. The fourth-order valence-electron chi connectivity index (χ4n) is 9.73. The van der Waals surface area contributed by atoms with E-state index in [9.17, 15) is 0 Å². The van der Waals surface area contributed by atoms with Gasteiger partial charge in [0.25, 0.3) is 0 Å². The van der Waals surface area contributed by atoms with Crippen LogP contribution in [0.1, 0.15) is 11.1 Å². The second kappa shape index (κ2) is 13.2. The first-order chi connectivity index (χ1) is 27.6. The van der Waals surface area contributed by atoms with Crippen LogP contribution in [0.15, 0.2) is 196 Å². The number of hydrogen-bond acceptors (Lipinski definition) is 2. The van der Waals surface area contributed by atoms with Crippen molar-refractivity contribution in [2.45, 2.75) is 23.7 Å². The Morgan fingerprint density at radius 3 is 1.79 bits per heavy atom. The Balaban J connectivity index is 1.34. The summed E-state index contributed by atoms with van der Waals surface area (Å²) in [6, 6.07) is 64.6. The van der Waals surface area contributed by atoms with Crippen molar-refractivity contribution in [2.75, 3.05) is 18.8 Å². The summed E-state index contributed by atoms with van der Waals surface area (Å²) in [4.78, 5) is 10.2. The number of nitrogens with zero attached hydrogens (tertiary/aromatic N) is 3. The molecule has 7 aromatic carbocycles. The Bertz CT molecular complexity index is 2940. The van der Waals surface area contributed by atoms with E-state index in [0.29, 0.717) is 0 Å². The number of imidazole rings is 2. The Labute approximate surface area is 342 Å². The molecule has 1 unspecified atom stereocenters. The molecule has 0 fully saturated rings. The number of rotatable bonds is 7. The second-order valence-electron chi connectivity index (χ2n) is 16.3. The second-order valence-corrected chi connectivity index (χ2v) is 28.2. The van der Waals surface area contributed by atoms with Crippen molar-refractivity contribution >= 4 is 78.9 Å². The minimum absolute atomic E-state index is 0.209. The molecule has 1 aliphatic rings. The molecule has 0 amide bonds. The smallest absolute Gasteiger partial charge is 0.220 e. The van der Waals surface area contributed by atoms with E-state index in [2.05, 4.69) is 225 Å². The van der Waals surface area contributed by atoms with E-state index in [1.165, 1.54) is 30.7 Å². The topological polar surface area (TPSA) is 31.5 Å². The molecule has 0 saturated heterocycles. The Kier molecular flexibility index (Phi) is 8.39. The van der Waals surface area contributed by atoms with Crippen LogP contribution in [-0.2, 0) is 4.08 Å². The van der Waals surface area contributed by atoms with Gasteiger partial charge in [-0.15, -0.1) is 10.0 Å². The predicted molar refractivity (Wildman–Crippen MR) is 255 cm³/mol. The van der Waals surface area contributed by atoms with E-state index < -0.39 is 29.6 Å². The lowest BCUT2D eigenvalue weighted by atomic mass is 9.99. The summed E-state index contributed by atoms with van der Waals surface area (Å²) in [6.45, 7) is 0. The van der Waals surface area contributed by atoms with Crippen LogP contribution in [0, 0.1) is 0 Å². The van der Waals surface area contributed by atoms with Crippen LogP contribution in [0.4, 0.5) is 0 Å². The van der Waals surface area contributed by atoms with Crippen LogP contribution in [0.25, 0.3) is 33.5 Å². The van der Waals surface area contributed by atoms with Gasteiger partial charge in [0.2, 0.25) is 5.78 Å². The number of ether oxygens (including phenoxy) is 1. The fraction of sp³-hybridized carbons (Fsp3) is 0.0851. The number of benzene rings is 7. The molecule has 3 heterocycles. The fourth-order valence-corrected chi connectivity index (χ4v) is 23.0. The van der Waals surface area contributed by atoms with E-state index in [1.54, 1.807) is 0 Å². The molecular weight excluding hydrogens is 751 g/mol. The molecule has 10 heteroatoms. The first-order valence-corrected chi connectivity index (χ1v) is 26.6. The molecule has 2 aromatic heterocycles. The summed E-state index contributed by atoms with van der Waals surface area (Å²) in [5, 5.41) is 0. The van der Waals surface area contributed by atoms with Crippen molar-refractivity contribution in [1.29, 1.82) is 0 Å². The first-order valence-electron chi connectivity index (χ1n) is 19.2. The minimum atomic E-state index is -2.19. The molecule has 1 aliphatic heterocycles. The van der Waals surface area contributed by atoms with E-state index >= 15 is 0 Å². The highest BCUT2D eigenvalue weighted by Crippen LogP contribution is 2.82. The standard InChI is InChI=1S/C47H44B3N3OS3/c1-55(2,48)47(56(3,49)50)37-24-10-15-30-43(37)54-45-38(47)25-17-31-44(45)57(34-19-6-4-7-20-34,35-21-8-5-9-22-35)36-23-16-18-33(32-36)52-41-28-13-14-29-42(41)53-40-27-12-11-26-39(40)51-46(52)53/h4-32H,48-50H2,1-3H3. The average molecular weight is 796 g/mol. The molecule has 10 rings (SSSR count). The molecule has 0 spiro atoms. The monoisotopic (exact) mass is 795 g/mol. The van der Waals surface area contributed by atoms with Crippen LogP contribution >= 0.6 is 29.6 Å². The summed E-state index contributed by atoms with van der Waals surface area (Å²) in [5.41, 5.74) is 8.03. The van der Waals surface area contributed by atoms with Gasteiger partial charge in [0, 0.05) is 30.7 Å². The van der Waals surface area contributed by atoms with Gasteiger partial charge in [0.05, 0.1) is 31.8 Å². The number of para-hydroxylation sites is 6. The highest BCUT2D eigenvalue weighted by Gasteiger charge is 2.54. The van der Waals surface area contributed by atoms with Crippen LogP contribution in [-0.4, -0.2) is 54.1 Å². The zero-order valence-electron chi connectivity index (χ0n) is 33.2. The summed E-state index contributed by atoms with van der Waals surface area (Å²) < 4.78 is 11.8. The zero-order valence-corrected chi connectivity index (χ0v) is 35.7. The van der Waals surface area contributed by atoms with Gasteiger partial charge in [-0.05, 0) is 97.6 Å². The van der Waals surface area contributed by atoms with Gasteiger partial charge < -0.3 is 4.74 Å². The molecule has 280 valence electrons. The Hall–Kier alpha value is -5.15. The van der Waals surface area contributed by atoms with Gasteiger partial charge in [-0.3, -0.25) is 28.6 Å². The van der Waals surface area contributed by atoms with Crippen LogP contribution < -0.4 is 4.74 Å². The highest BCUT2D eigenvalue weighted by atomic mass is 32.3. The summed E-state index contributed by atoms with van der Waals surface area (Å²) in [5.74, 6) is 2.87. The van der Waals surface area contributed by atoms with E-state index in [4.69, 9.17) is 9.72 Å². The SMILES string of the molecule is BS(B)(C)C1(S(B)(C)C)c2ccccc2Oc2c1cccc2S(c1ccccc1)(c1ccccc1)c1cccc(-n2c3ccccc3n3c4ccccc4nc23)c1. The van der Waals surface area contributed by atoms with Gasteiger partial charge in [-0.1, -0.05) is 97.1 Å². The third kappa shape index (κ3) is 5.13. The maximum Gasteiger partial charge on any atom is 0.220 e. The van der Waals surface area contributed by atoms with Crippen molar-refractivity contribution in [3.8, 4) is 17.2 Å². The quantitative estimate of drug-likeness (QED) is 0.151. The molecule has 57 heavy (non-hydrogen) atoms. The van der Waals surface area contributed by atoms with Crippen molar-refractivity contribution in [2.24, 2.45) is 0 Å². The molecule has 4 nitrogen and oxygen atoms in total. The maximum absolute atomic E-state index is 7.41. The Morgan fingerprint density at radius 1 is 0.544 bits per heavy atom. The molecule has 1 atom stereocenters. The molecule has 0 N–H and O–H groups in total. The van der Waals surface area contributed by atoms with Crippen molar-refractivity contribution in [3.05, 3.63) is 187 Å². The lowest BCUT2D eigenvalue weighted by molar-refractivity contribution is 0.443. The van der Waals surface area contributed by atoms with Crippen molar-refractivity contribution < 1.29 is 4.74 Å². The number of aromatic nitrogens is 3. The van der Waals surface area contributed by atoms with Crippen LogP contribution in [0.2, 0.25) is 0 Å². The average Bonchev–Trinajstić information content (AvgIpc) is 3.75. The van der Waals surface area contributed by atoms with Gasteiger partial charge in [0.1, 0.15) is 25.7 Å². The molecule has 0 bridgehead atoms. The normalized spacial score (nSPS) is 16.5. The first kappa shape index (κ1) is 36.2. The van der Waals surface area contributed by atoms with Gasteiger partial charge in [0.15, 0.2) is 7.12 Å². The highest BCUT2D eigenvalue weighted by molar-refractivity contribution is 8.72. The molecule has 9 aromatic rings. The minimum Gasteiger partial charge on any atom is -0.455 e. The van der Waals surface area contributed by atoms with Crippen molar-refractivity contribution in [3.63, 3.8) is 0 Å². The zero-order chi connectivity index (χ0) is 39.2. The van der Waals surface area contributed by atoms with Crippen molar-refractivity contribution in [1.82, 2.24) is 14.0 Å². The van der Waals surface area contributed by atoms with Crippen LogP contribution in [0.5, 0.6) is 11.5 Å². The maximum atomic E-state index is 7.41. The number of hydrogen-bond donors (Lipinski definition) is 0. The third-order valence-electron chi connectivity index (χ3n) is 11.6. The molecule has 0 radical (unpaired) electrons. The van der Waals surface area contributed by atoms with Gasteiger partial charge in [-0.25, -0.2) is 4.98 Å². The summed E-state index contributed by atoms with van der Waals surface area (Å²) >= 11 is 0. The van der Waals surface area contributed by atoms with Gasteiger partial charge >= 0.3 is 0 Å². The molecule has 0 saturated carbocycles. The summed E-state index contributed by atoms with van der Waals surface area (Å²) in [6.07, 6.45) is 7.51. The van der Waals surface area contributed by atoms with E-state index in [1.807, 2.05) is 0 Å². The Morgan fingerprint density at radius 2 is 1.11 bits per heavy atom. The predicted octanol–water partition coefficient (Wildman–Crippen LogP) is 10.2.